The van der Waals surface area contributed by atoms with Crippen LogP contribution in [-0.4, -0.2) is 41.3 Å². The third-order valence-electron chi connectivity index (χ3n) is 7.27. The van der Waals surface area contributed by atoms with Gasteiger partial charge in [0.2, 0.25) is 0 Å². The van der Waals surface area contributed by atoms with E-state index in [2.05, 4.69) is 0 Å². The van der Waals surface area contributed by atoms with Crippen LogP contribution in [0.5, 0.6) is 5.75 Å². The van der Waals surface area contributed by atoms with Gasteiger partial charge >= 0.3 is 18.3 Å². The molecule has 1 atom stereocenters. The van der Waals surface area contributed by atoms with Gasteiger partial charge < -0.3 is 9.84 Å². The normalized spacial score (nSPS) is 24.1. The van der Waals surface area contributed by atoms with Gasteiger partial charge in [0.05, 0.1) is 12.0 Å². The highest BCUT2D eigenvalue weighted by molar-refractivity contribution is 5.91. The summed E-state index contributed by atoms with van der Waals surface area (Å²) in [5.74, 6) is -2.76. The van der Waals surface area contributed by atoms with Gasteiger partial charge in [0.15, 0.2) is 0 Å². The highest BCUT2D eigenvalue weighted by atomic mass is 19.4. The monoisotopic (exact) mass is 517 g/mol. The zero-order valence-electron chi connectivity index (χ0n) is 19.7. The number of carbonyl (C=O) groups is 1. The number of aliphatic carboxylic acids is 1. The topological polar surface area (TPSA) is 49.8 Å². The van der Waals surface area contributed by atoms with Crippen molar-refractivity contribution in [3.8, 4) is 5.75 Å². The summed E-state index contributed by atoms with van der Waals surface area (Å²) in [5.41, 5.74) is -0.449. The molecular formula is C26H29F6NO3. The average molecular weight is 518 g/mol. The molecule has 0 bridgehead atoms. The number of likely N-dealkylation sites (tertiary alicyclic amines) is 1. The quantitative estimate of drug-likeness (QED) is 0.418. The fourth-order valence-corrected chi connectivity index (χ4v) is 5.58. The highest BCUT2D eigenvalue weighted by Gasteiger charge is 2.43. The van der Waals surface area contributed by atoms with Crippen LogP contribution in [0.4, 0.5) is 26.3 Å². The molecule has 198 valence electrons. The van der Waals surface area contributed by atoms with Gasteiger partial charge in [-0.25, -0.2) is 0 Å². The van der Waals surface area contributed by atoms with Crippen LogP contribution < -0.4 is 4.74 Å². The molecule has 0 aromatic heterocycles. The SMILES string of the molecule is O=C(O)CC1CCCN(Cc2cccc3ccc(OC4CCC(C(F)(F)F)CC4)c(C(F)(F)F)c23)C1. The van der Waals surface area contributed by atoms with Crippen LogP contribution in [0.2, 0.25) is 0 Å². The minimum atomic E-state index is -4.73. The minimum absolute atomic E-state index is 0.0202. The van der Waals surface area contributed by atoms with Crippen molar-refractivity contribution in [2.24, 2.45) is 11.8 Å². The number of alkyl halides is 6. The Kier molecular flexibility index (Phi) is 7.73. The van der Waals surface area contributed by atoms with Gasteiger partial charge in [0, 0.05) is 24.9 Å². The Morgan fingerprint density at radius 2 is 1.72 bits per heavy atom. The zero-order valence-corrected chi connectivity index (χ0v) is 19.7. The molecule has 1 saturated heterocycles. The van der Waals surface area contributed by atoms with Crippen LogP contribution in [0.3, 0.4) is 0 Å². The average Bonchev–Trinajstić information content (AvgIpc) is 2.78. The molecule has 0 amide bonds. The number of nitrogens with zero attached hydrogens (tertiary/aromatic N) is 1. The predicted molar refractivity (Wildman–Crippen MR) is 122 cm³/mol. The smallest absolute Gasteiger partial charge is 0.420 e. The van der Waals surface area contributed by atoms with Crippen LogP contribution in [0.15, 0.2) is 30.3 Å². The van der Waals surface area contributed by atoms with Crippen LogP contribution in [-0.2, 0) is 17.5 Å². The first-order valence-electron chi connectivity index (χ1n) is 12.2. The summed E-state index contributed by atoms with van der Waals surface area (Å²) in [6.45, 7) is 1.38. The van der Waals surface area contributed by atoms with Gasteiger partial charge in [0.25, 0.3) is 0 Å². The lowest BCUT2D eigenvalue weighted by atomic mass is 9.87. The van der Waals surface area contributed by atoms with Crippen LogP contribution in [0.25, 0.3) is 10.8 Å². The standard InChI is InChI=1S/C26H29F6NO3/c27-25(28,29)19-7-9-20(10-8-19)36-21-11-6-17-4-1-5-18(23(17)24(21)26(30,31)32)15-33-12-2-3-16(14-33)13-22(34)35/h1,4-6,11,16,19-20H,2-3,7-10,12-15H2,(H,34,35). The molecule has 1 saturated carbocycles. The van der Waals surface area contributed by atoms with Crippen LogP contribution in [0, 0.1) is 11.8 Å². The van der Waals surface area contributed by atoms with Gasteiger partial charge in [-0.3, -0.25) is 9.69 Å². The molecule has 0 spiro atoms. The van der Waals surface area contributed by atoms with E-state index < -0.39 is 35.9 Å². The maximum absolute atomic E-state index is 14.4. The molecular weight excluding hydrogens is 488 g/mol. The number of hydrogen-bond donors (Lipinski definition) is 1. The summed E-state index contributed by atoms with van der Waals surface area (Å²) >= 11 is 0. The Morgan fingerprint density at radius 1 is 1.00 bits per heavy atom. The van der Waals surface area contributed by atoms with Crippen molar-refractivity contribution in [1.82, 2.24) is 4.90 Å². The Labute approximate surface area is 205 Å². The number of rotatable bonds is 6. The van der Waals surface area contributed by atoms with E-state index in [1.165, 1.54) is 6.07 Å². The molecule has 1 aliphatic heterocycles. The number of benzene rings is 2. The van der Waals surface area contributed by atoms with E-state index in [0.29, 0.717) is 24.0 Å². The third-order valence-corrected chi connectivity index (χ3v) is 7.27. The molecule has 36 heavy (non-hydrogen) atoms. The Hall–Kier alpha value is -2.49. The van der Waals surface area contributed by atoms with E-state index in [0.717, 1.165) is 12.8 Å². The molecule has 2 aromatic rings. The van der Waals surface area contributed by atoms with Crippen LogP contribution >= 0.6 is 0 Å². The summed E-state index contributed by atoms with van der Waals surface area (Å²) in [5, 5.41) is 9.53. The lowest BCUT2D eigenvalue weighted by Gasteiger charge is -2.33. The van der Waals surface area contributed by atoms with E-state index in [4.69, 9.17) is 9.84 Å². The molecule has 10 heteroatoms. The second-order valence-corrected chi connectivity index (χ2v) is 9.93. The molecule has 1 unspecified atom stereocenters. The summed E-state index contributed by atoms with van der Waals surface area (Å²) in [7, 11) is 0. The van der Waals surface area contributed by atoms with E-state index in [-0.39, 0.29) is 55.7 Å². The lowest BCUT2D eigenvalue weighted by Crippen LogP contribution is -2.35. The van der Waals surface area contributed by atoms with Crippen molar-refractivity contribution >= 4 is 16.7 Å². The fraction of sp³-hybridized carbons (Fsp3) is 0.577. The molecule has 1 heterocycles. The number of ether oxygens (including phenoxy) is 1. The highest BCUT2D eigenvalue weighted by Crippen LogP contribution is 2.45. The minimum Gasteiger partial charge on any atom is -0.490 e. The summed E-state index contributed by atoms with van der Waals surface area (Å²) in [6.07, 6.45) is -8.45. The second kappa shape index (κ2) is 10.5. The first-order chi connectivity index (χ1) is 16.9. The number of halogens is 6. The van der Waals surface area contributed by atoms with Crippen molar-refractivity contribution in [2.45, 2.75) is 69.9 Å². The predicted octanol–water partition coefficient (Wildman–Crippen LogP) is 7.05. The number of hydrogen-bond acceptors (Lipinski definition) is 3. The van der Waals surface area contributed by atoms with Crippen molar-refractivity contribution in [3.63, 3.8) is 0 Å². The van der Waals surface area contributed by atoms with Crippen molar-refractivity contribution < 1.29 is 41.0 Å². The van der Waals surface area contributed by atoms with E-state index in [1.54, 1.807) is 24.3 Å². The van der Waals surface area contributed by atoms with Crippen LogP contribution in [0.1, 0.15) is 56.1 Å². The van der Waals surface area contributed by atoms with E-state index in [1.807, 2.05) is 4.90 Å². The molecule has 4 nitrogen and oxygen atoms in total. The second-order valence-electron chi connectivity index (χ2n) is 9.93. The Bertz CT molecular complexity index is 1080. The first kappa shape index (κ1) is 26.6. The first-order valence-corrected chi connectivity index (χ1v) is 12.2. The number of carboxylic acid groups (broad SMARTS) is 1. The van der Waals surface area contributed by atoms with E-state index >= 15 is 0 Å². The Morgan fingerprint density at radius 3 is 2.36 bits per heavy atom. The molecule has 4 rings (SSSR count). The summed E-state index contributed by atoms with van der Waals surface area (Å²) in [4.78, 5) is 13.1. The number of piperidine rings is 1. The van der Waals surface area contributed by atoms with Gasteiger partial charge in [-0.2, -0.15) is 26.3 Å². The lowest BCUT2D eigenvalue weighted by molar-refractivity contribution is -0.185. The maximum atomic E-state index is 14.4. The van der Waals surface area contributed by atoms with E-state index in [9.17, 15) is 31.1 Å². The van der Waals surface area contributed by atoms with Gasteiger partial charge in [0.1, 0.15) is 11.3 Å². The molecule has 1 N–H and O–H groups in total. The number of carboxylic acids is 1. The summed E-state index contributed by atoms with van der Waals surface area (Å²) in [6, 6.07) is 7.73. The van der Waals surface area contributed by atoms with Gasteiger partial charge in [-0.05, 0) is 68.0 Å². The zero-order chi connectivity index (χ0) is 26.1. The summed E-state index contributed by atoms with van der Waals surface area (Å²) < 4.78 is 87.9. The molecule has 2 aromatic carbocycles. The Balaban J connectivity index is 1.62. The van der Waals surface area contributed by atoms with Gasteiger partial charge in [-0.1, -0.05) is 24.3 Å². The maximum Gasteiger partial charge on any atom is 0.420 e. The third kappa shape index (κ3) is 6.25. The van der Waals surface area contributed by atoms with Gasteiger partial charge in [-0.15, -0.1) is 0 Å². The molecule has 2 aliphatic rings. The van der Waals surface area contributed by atoms with Crippen molar-refractivity contribution in [2.75, 3.05) is 13.1 Å². The van der Waals surface area contributed by atoms with Crippen molar-refractivity contribution in [1.29, 1.82) is 0 Å². The molecule has 0 radical (unpaired) electrons. The molecule has 1 aliphatic carbocycles. The fourth-order valence-electron chi connectivity index (χ4n) is 5.58. The van der Waals surface area contributed by atoms with Crippen molar-refractivity contribution in [3.05, 3.63) is 41.5 Å². The molecule has 2 fully saturated rings. The number of fused-ring (bicyclic) bond motifs is 1. The largest absolute Gasteiger partial charge is 0.490 e.